The Bertz CT molecular complexity index is 439. The van der Waals surface area contributed by atoms with Crippen molar-refractivity contribution in [2.24, 2.45) is 0 Å². The van der Waals surface area contributed by atoms with E-state index in [2.05, 4.69) is 10.3 Å². The third-order valence-corrected chi connectivity index (χ3v) is 2.32. The van der Waals surface area contributed by atoms with E-state index < -0.39 is 6.16 Å². The standard InChI is InChI=1S/C9H8Cl2N2O.CH2O3/c10-7-3-5(4-8(11)13-7)9(14)12-6-1-2-6;2-1(3)4/h3-4,6H,1-2H2,(H,12,14);(H2,2,3,4). The largest absolute Gasteiger partial charge is 0.503 e. The normalized spacial score (nSPS) is 13.2. The number of halogens is 2. The van der Waals surface area contributed by atoms with Crippen molar-refractivity contribution in [3.05, 3.63) is 28.0 Å². The van der Waals surface area contributed by atoms with Gasteiger partial charge in [-0.3, -0.25) is 4.79 Å². The molecule has 0 aromatic carbocycles. The smallest absolute Gasteiger partial charge is 0.450 e. The molecule has 6 nitrogen and oxygen atoms in total. The lowest BCUT2D eigenvalue weighted by atomic mass is 10.2. The second kappa shape index (κ2) is 6.42. The molecule has 18 heavy (non-hydrogen) atoms. The van der Waals surface area contributed by atoms with Crippen molar-refractivity contribution < 1.29 is 19.8 Å². The molecule has 1 saturated carbocycles. The fourth-order valence-electron chi connectivity index (χ4n) is 1.09. The monoisotopic (exact) mass is 292 g/mol. The van der Waals surface area contributed by atoms with Crippen molar-refractivity contribution in [2.75, 3.05) is 0 Å². The Labute approximate surface area is 113 Å². The van der Waals surface area contributed by atoms with E-state index in [1.807, 2.05) is 0 Å². The molecule has 8 heteroatoms. The minimum Gasteiger partial charge on any atom is -0.450 e. The van der Waals surface area contributed by atoms with Gasteiger partial charge in [0.05, 0.1) is 0 Å². The summed E-state index contributed by atoms with van der Waals surface area (Å²) in [5.74, 6) is -0.140. The van der Waals surface area contributed by atoms with E-state index in [-0.39, 0.29) is 16.2 Å². The summed E-state index contributed by atoms with van der Waals surface area (Å²) in [6, 6.07) is 3.34. The lowest BCUT2D eigenvalue weighted by molar-refractivity contribution is 0.0950. The van der Waals surface area contributed by atoms with Gasteiger partial charge in [0.25, 0.3) is 5.91 Å². The first-order chi connectivity index (χ1) is 8.38. The van der Waals surface area contributed by atoms with Crippen LogP contribution >= 0.6 is 23.2 Å². The third kappa shape index (κ3) is 5.70. The van der Waals surface area contributed by atoms with Crippen molar-refractivity contribution in [1.29, 1.82) is 0 Å². The maximum absolute atomic E-state index is 11.5. The Balaban J connectivity index is 0.000000357. The Morgan fingerprint density at radius 1 is 1.22 bits per heavy atom. The van der Waals surface area contributed by atoms with Crippen LogP contribution in [0.4, 0.5) is 4.79 Å². The number of carboxylic acid groups (broad SMARTS) is 2. The van der Waals surface area contributed by atoms with E-state index in [0.717, 1.165) is 12.8 Å². The molecular formula is C10H10Cl2N2O4. The van der Waals surface area contributed by atoms with E-state index in [1.54, 1.807) is 0 Å². The highest BCUT2D eigenvalue weighted by Crippen LogP contribution is 2.20. The minimum atomic E-state index is -1.83. The van der Waals surface area contributed by atoms with Crippen LogP contribution in [0.3, 0.4) is 0 Å². The average molecular weight is 293 g/mol. The summed E-state index contributed by atoms with van der Waals surface area (Å²) in [5.41, 5.74) is 0.460. The lowest BCUT2D eigenvalue weighted by Crippen LogP contribution is -2.25. The summed E-state index contributed by atoms with van der Waals surface area (Å²) in [5, 5.41) is 17.3. The summed E-state index contributed by atoms with van der Waals surface area (Å²) >= 11 is 11.3. The van der Waals surface area contributed by atoms with Gasteiger partial charge in [0.15, 0.2) is 0 Å². The van der Waals surface area contributed by atoms with E-state index >= 15 is 0 Å². The van der Waals surface area contributed by atoms with Crippen LogP contribution in [0.15, 0.2) is 12.1 Å². The first kappa shape index (κ1) is 14.5. The van der Waals surface area contributed by atoms with E-state index in [1.165, 1.54) is 12.1 Å². The van der Waals surface area contributed by atoms with Crippen LogP contribution in [0.2, 0.25) is 10.3 Å². The third-order valence-electron chi connectivity index (χ3n) is 1.94. The number of hydrogen-bond acceptors (Lipinski definition) is 3. The highest BCUT2D eigenvalue weighted by molar-refractivity contribution is 6.33. The van der Waals surface area contributed by atoms with Crippen molar-refractivity contribution in [2.45, 2.75) is 18.9 Å². The second-order valence-corrected chi connectivity index (χ2v) is 4.31. The summed E-state index contributed by atoms with van der Waals surface area (Å²) in [6.07, 6.45) is 0.274. The molecule has 0 unspecified atom stereocenters. The molecule has 1 aliphatic rings. The van der Waals surface area contributed by atoms with Crippen molar-refractivity contribution in [3.8, 4) is 0 Å². The quantitative estimate of drug-likeness (QED) is 0.727. The van der Waals surface area contributed by atoms with Crippen LogP contribution in [0.1, 0.15) is 23.2 Å². The van der Waals surface area contributed by atoms with Crippen LogP contribution in [-0.4, -0.2) is 33.3 Å². The lowest BCUT2D eigenvalue weighted by Gasteiger charge is -2.03. The van der Waals surface area contributed by atoms with E-state index in [9.17, 15) is 4.79 Å². The zero-order valence-electron chi connectivity index (χ0n) is 9.06. The molecule has 0 radical (unpaired) electrons. The van der Waals surface area contributed by atoms with Gasteiger partial charge in [0.1, 0.15) is 10.3 Å². The molecule has 0 aliphatic heterocycles. The molecule has 1 aromatic heterocycles. The molecular weight excluding hydrogens is 283 g/mol. The molecule has 1 aliphatic carbocycles. The van der Waals surface area contributed by atoms with Gasteiger partial charge in [-0.1, -0.05) is 23.2 Å². The fraction of sp³-hybridized carbons (Fsp3) is 0.300. The number of amides is 1. The summed E-state index contributed by atoms with van der Waals surface area (Å²) in [4.78, 5) is 23.9. The van der Waals surface area contributed by atoms with Gasteiger partial charge in [0.2, 0.25) is 0 Å². The summed E-state index contributed by atoms with van der Waals surface area (Å²) < 4.78 is 0. The number of aromatic nitrogens is 1. The van der Waals surface area contributed by atoms with Crippen molar-refractivity contribution >= 4 is 35.3 Å². The topological polar surface area (TPSA) is 99.5 Å². The minimum absolute atomic E-state index is 0.140. The number of hydrogen-bond donors (Lipinski definition) is 3. The molecule has 98 valence electrons. The molecule has 1 amide bonds. The predicted molar refractivity (Wildman–Crippen MR) is 65.4 cm³/mol. The van der Waals surface area contributed by atoms with Gasteiger partial charge in [-0.05, 0) is 25.0 Å². The molecule has 2 rings (SSSR count). The second-order valence-electron chi connectivity index (χ2n) is 3.53. The Hall–Kier alpha value is -1.53. The zero-order valence-corrected chi connectivity index (χ0v) is 10.6. The SMILES string of the molecule is O=C(NC1CC1)c1cc(Cl)nc(Cl)c1.O=C(O)O. The van der Waals surface area contributed by atoms with Gasteiger partial charge in [-0.15, -0.1) is 0 Å². The highest BCUT2D eigenvalue weighted by atomic mass is 35.5. The fourth-order valence-corrected chi connectivity index (χ4v) is 1.55. The highest BCUT2D eigenvalue weighted by Gasteiger charge is 2.24. The van der Waals surface area contributed by atoms with Crippen LogP contribution in [-0.2, 0) is 0 Å². The van der Waals surface area contributed by atoms with E-state index in [4.69, 9.17) is 38.2 Å². The molecule has 0 bridgehead atoms. The van der Waals surface area contributed by atoms with Gasteiger partial charge in [0, 0.05) is 11.6 Å². The summed E-state index contributed by atoms with van der Waals surface area (Å²) in [7, 11) is 0. The molecule has 0 saturated heterocycles. The number of carbonyl (C=O) groups excluding carboxylic acids is 1. The molecule has 1 heterocycles. The van der Waals surface area contributed by atoms with Crippen LogP contribution in [0.5, 0.6) is 0 Å². The zero-order chi connectivity index (χ0) is 13.7. The van der Waals surface area contributed by atoms with Gasteiger partial charge >= 0.3 is 6.16 Å². The number of nitrogens with zero attached hydrogens (tertiary/aromatic N) is 1. The predicted octanol–water partition coefficient (Wildman–Crippen LogP) is 2.50. The van der Waals surface area contributed by atoms with Crippen LogP contribution in [0, 0.1) is 0 Å². The first-order valence-electron chi connectivity index (χ1n) is 4.94. The molecule has 3 N–H and O–H groups in total. The molecule has 0 atom stereocenters. The Kier molecular flexibility index (Phi) is 5.18. The average Bonchev–Trinajstić information content (AvgIpc) is 2.99. The van der Waals surface area contributed by atoms with Gasteiger partial charge < -0.3 is 15.5 Å². The number of rotatable bonds is 2. The van der Waals surface area contributed by atoms with Gasteiger partial charge in [-0.2, -0.15) is 0 Å². The maximum Gasteiger partial charge on any atom is 0.503 e. The van der Waals surface area contributed by atoms with Crippen molar-refractivity contribution in [1.82, 2.24) is 10.3 Å². The molecule has 1 fully saturated rings. The van der Waals surface area contributed by atoms with Gasteiger partial charge in [-0.25, -0.2) is 9.78 Å². The Morgan fingerprint density at radius 3 is 2.06 bits per heavy atom. The number of pyridine rings is 1. The molecule has 0 spiro atoms. The Morgan fingerprint density at radius 2 is 1.67 bits per heavy atom. The molecule has 1 aromatic rings. The van der Waals surface area contributed by atoms with Crippen molar-refractivity contribution in [3.63, 3.8) is 0 Å². The number of nitrogens with one attached hydrogen (secondary N) is 1. The summed E-state index contributed by atoms with van der Waals surface area (Å²) in [6.45, 7) is 0. The van der Waals surface area contributed by atoms with Crippen LogP contribution in [0.25, 0.3) is 0 Å². The first-order valence-corrected chi connectivity index (χ1v) is 5.70. The van der Waals surface area contributed by atoms with Crippen LogP contribution < -0.4 is 5.32 Å². The number of carbonyl (C=O) groups is 2. The van der Waals surface area contributed by atoms with E-state index in [0.29, 0.717) is 11.6 Å². The maximum atomic E-state index is 11.5.